The van der Waals surface area contributed by atoms with Crippen molar-refractivity contribution in [3.63, 3.8) is 0 Å². The van der Waals surface area contributed by atoms with Gasteiger partial charge in [0.25, 0.3) is 0 Å². The molecule has 0 unspecified atom stereocenters. The molecule has 0 aromatic carbocycles. The van der Waals surface area contributed by atoms with Gasteiger partial charge >= 0.3 is 17.9 Å². The first-order chi connectivity index (χ1) is 27.7. The fraction of sp³-hybridized carbons (Fsp3) is 0.941. The van der Waals surface area contributed by atoms with Crippen molar-refractivity contribution in [3.8, 4) is 0 Å². The number of hydrogen-bond acceptors (Lipinski definition) is 6. The van der Waals surface area contributed by atoms with E-state index in [9.17, 15) is 14.4 Å². The van der Waals surface area contributed by atoms with Crippen LogP contribution in [0.15, 0.2) is 0 Å². The van der Waals surface area contributed by atoms with E-state index in [1.807, 2.05) is 0 Å². The first-order valence-corrected chi connectivity index (χ1v) is 25.2. The predicted molar refractivity (Wildman–Crippen MR) is 243 cm³/mol. The number of rotatable bonds is 45. The molecule has 338 valence electrons. The maximum atomic E-state index is 12.8. The van der Waals surface area contributed by atoms with Gasteiger partial charge in [0, 0.05) is 19.3 Å². The Morgan fingerprint density at radius 3 is 0.860 bits per heavy atom. The van der Waals surface area contributed by atoms with Gasteiger partial charge in [-0.05, 0) is 31.1 Å². The van der Waals surface area contributed by atoms with Crippen LogP contribution in [-0.2, 0) is 28.6 Å². The lowest BCUT2D eigenvalue weighted by Gasteiger charge is -2.18. The topological polar surface area (TPSA) is 78.9 Å². The highest BCUT2D eigenvalue weighted by atomic mass is 16.6. The molecule has 0 radical (unpaired) electrons. The van der Waals surface area contributed by atoms with Gasteiger partial charge in [-0.1, -0.05) is 240 Å². The molecule has 0 N–H and O–H groups in total. The van der Waals surface area contributed by atoms with Crippen LogP contribution in [-0.4, -0.2) is 37.2 Å². The van der Waals surface area contributed by atoms with Gasteiger partial charge in [-0.15, -0.1) is 0 Å². The standard InChI is InChI=1S/C51H98O6/c1-6-7-8-9-10-11-12-13-14-15-16-20-26-31-36-41-49(52)55-44-48(45-56-50(53)42-37-32-27-23-22-25-30-35-40-47(4)5)57-51(54)43-38-33-28-21-18-17-19-24-29-34-39-46(2)3/h46-48H,6-45H2,1-5H3/t48-/m1/s1. The van der Waals surface area contributed by atoms with Gasteiger partial charge in [-0.2, -0.15) is 0 Å². The lowest BCUT2D eigenvalue weighted by atomic mass is 10.0. The largest absolute Gasteiger partial charge is 0.462 e. The van der Waals surface area contributed by atoms with Gasteiger partial charge in [0.15, 0.2) is 6.10 Å². The van der Waals surface area contributed by atoms with Crippen LogP contribution in [0.5, 0.6) is 0 Å². The molecule has 6 nitrogen and oxygen atoms in total. The molecule has 0 spiro atoms. The number of carbonyl (C=O) groups excluding carboxylic acids is 3. The quantitative estimate of drug-likeness (QED) is 0.0346. The lowest BCUT2D eigenvalue weighted by molar-refractivity contribution is -0.167. The average molecular weight is 807 g/mol. The number of hydrogen-bond donors (Lipinski definition) is 0. The molecule has 0 rings (SSSR count). The summed E-state index contributed by atoms with van der Waals surface area (Å²) in [7, 11) is 0. The molecule has 57 heavy (non-hydrogen) atoms. The van der Waals surface area contributed by atoms with Gasteiger partial charge in [0.05, 0.1) is 0 Å². The molecule has 0 aromatic rings. The number of ether oxygens (including phenoxy) is 3. The molecule has 0 heterocycles. The third-order valence-electron chi connectivity index (χ3n) is 11.5. The summed E-state index contributed by atoms with van der Waals surface area (Å²) in [6.45, 7) is 11.3. The Kier molecular flexibility index (Phi) is 42.7. The Morgan fingerprint density at radius 1 is 0.333 bits per heavy atom. The Hall–Kier alpha value is -1.59. The third kappa shape index (κ3) is 45.3. The molecule has 0 fully saturated rings. The molecular weight excluding hydrogens is 709 g/mol. The monoisotopic (exact) mass is 807 g/mol. The lowest BCUT2D eigenvalue weighted by Crippen LogP contribution is -2.30. The first kappa shape index (κ1) is 55.4. The molecular formula is C51H98O6. The fourth-order valence-corrected chi connectivity index (χ4v) is 7.64. The van der Waals surface area contributed by atoms with E-state index >= 15 is 0 Å². The summed E-state index contributed by atoms with van der Waals surface area (Å²) in [6, 6.07) is 0. The second-order valence-electron chi connectivity index (χ2n) is 18.4. The van der Waals surface area contributed by atoms with Crippen molar-refractivity contribution >= 4 is 17.9 Å². The minimum atomic E-state index is -0.761. The maximum absolute atomic E-state index is 12.8. The summed E-state index contributed by atoms with van der Waals surface area (Å²) in [6.07, 6.45) is 43.8. The zero-order chi connectivity index (χ0) is 41.9. The summed E-state index contributed by atoms with van der Waals surface area (Å²) in [5, 5.41) is 0. The predicted octanol–water partition coefficient (Wildman–Crippen LogP) is 16.1. The van der Waals surface area contributed by atoms with Crippen LogP contribution < -0.4 is 0 Å². The van der Waals surface area contributed by atoms with Gasteiger partial charge < -0.3 is 14.2 Å². The Labute approximate surface area is 355 Å². The van der Waals surface area contributed by atoms with Crippen molar-refractivity contribution in [2.75, 3.05) is 13.2 Å². The van der Waals surface area contributed by atoms with E-state index in [1.54, 1.807) is 0 Å². The second kappa shape index (κ2) is 44.0. The Bertz CT molecular complexity index is 870. The van der Waals surface area contributed by atoms with Gasteiger partial charge in [0.2, 0.25) is 0 Å². The molecule has 6 heteroatoms. The highest BCUT2D eigenvalue weighted by Crippen LogP contribution is 2.17. The SMILES string of the molecule is CCCCCCCCCCCCCCCCCC(=O)OC[C@H](COC(=O)CCCCCCCCCCC(C)C)OC(=O)CCCCCCCCCCCCC(C)C. The van der Waals surface area contributed by atoms with Crippen molar-refractivity contribution in [2.24, 2.45) is 11.8 Å². The van der Waals surface area contributed by atoms with Gasteiger partial charge in [-0.25, -0.2) is 0 Å². The van der Waals surface area contributed by atoms with E-state index in [1.165, 1.54) is 167 Å². The molecule has 0 bridgehead atoms. The molecule has 0 amide bonds. The molecule has 0 aliphatic carbocycles. The highest BCUT2D eigenvalue weighted by molar-refractivity contribution is 5.71. The third-order valence-corrected chi connectivity index (χ3v) is 11.5. The van der Waals surface area contributed by atoms with E-state index in [0.29, 0.717) is 19.3 Å². The van der Waals surface area contributed by atoms with Gasteiger partial charge in [-0.3, -0.25) is 14.4 Å². The fourth-order valence-electron chi connectivity index (χ4n) is 7.64. The van der Waals surface area contributed by atoms with Crippen LogP contribution >= 0.6 is 0 Å². The van der Waals surface area contributed by atoms with Crippen molar-refractivity contribution < 1.29 is 28.6 Å². The number of unbranched alkanes of at least 4 members (excludes halogenated alkanes) is 30. The van der Waals surface area contributed by atoms with Crippen molar-refractivity contribution in [3.05, 3.63) is 0 Å². The minimum absolute atomic E-state index is 0.0643. The molecule has 0 saturated carbocycles. The summed E-state index contributed by atoms with van der Waals surface area (Å²) in [5.41, 5.74) is 0. The van der Waals surface area contributed by atoms with Crippen LogP contribution in [0.4, 0.5) is 0 Å². The smallest absolute Gasteiger partial charge is 0.306 e. The van der Waals surface area contributed by atoms with Crippen LogP contribution in [0.1, 0.15) is 279 Å². The highest BCUT2D eigenvalue weighted by Gasteiger charge is 2.19. The second-order valence-corrected chi connectivity index (χ2v) is 18.4. The van der Waals surface area contributed by atoms with Gasteiger partial charge in [0.1, 0.15) is 13.2 Å². The summed E-state index contributed by atoms with van der Waals surface area (Å²) < 4.78 is 16.8. The van der Waals surface area contributed by atoms with Crippen LogP contribution in [0.3, 0.4) is 0 Å². The van der Waals surface area contributed by atoms with Crippen molar-refractivity contribution in [1.29, 1.82) is 0 Å². The summed E-state index contributed by atoms with van der Waals surface area (Å²) in [4.78, 5) is 37.9. The van der Waals surface area contributed by atoms with E-state index < -0.39 is 6.10 Å². The summed E-state index contributed by atoms with van der Waals surface area (Å²) in [5.74, 6) is 0.761. The van der Waals surface area contributed by atoms with E-state index in [0.717, 1.165) is 69.6 Å². The van der Waals surface area contributed by atoms with Crippen molar-refractivity contribution in [1.82, 2.24) is 0 Å². The van der Waals surface area contributed by atoms with Crippen LogP contribution in [0.2, 0.25) is 0 Å². The normalized spacial score (nSPS) is 12.1. The average Bonchev–Trinajstić information content (AvgIpc) is 3.18. The van der Waals surface area contributed by atoms with Crippen molar-refractivity contribution in [2.45, 2.75) is 285 Å². The summed E-state index contributed by atoms with van der Waals surface area (Å²) >= 11 is 0. The molecule has 0 aliphatic heterocycles. The first-order valence-electron chi connectivity index (χ1n) is 25.2. The maximum Gasteiger partial charge on any atom is 0.306 e. The van der Waals surface area contributed by atoms with Crippen LogP contribution in [0.25, 0.3) is 0 Å². The molecule has 0 aromatic heterocycles. The molecule has 0 saturated heterocycles. The number of esters is 3. The Balaban J connectivity index is 4.31. The Morgan fingerprint density at radius 2 is 0.579 bits per heavy atom. The zero-order valence-corrected chi connectivity index (χ0v) is 39.0. The van der Waals surface area contributed by atoms with Crippen LogP contribution in [0, 0.1) is 11.8 Å². The van der Waals surface area contributed by atoms with E-state index in [-0.39, 0.29) is 31.1 Å². The molecule has 0 aliphatic rings. The molecule has 1 atom stereocenters. The zero-order valence-electron chi connectivity index (χ0n) is 39.0. The minimum Gasteiger partial charge on any atom is -0.462 e. The van der Waals surface area contributed by atoms with E-state index in [4.69, 9.17) is 14.2 Å². The van der Waals surface area contributed by atoms with E-state index in [2.05, 4.69) is 34.6 Å². The number of carbonyl (C=O) groups is 3.